The Bertz CT molecular complexity index is 142. The maximum absolute atomic E-state index is 10.3. The van der Waals surface area contributed by atoms with Gasteiger partial charge in [0.25, 0.3) is 0 Å². The van der Waals surface area contributed by atoms with Crippen LogP contribution in [0.2, 0.25) is 0 Å². The van der Waals surface area contributed by atoms with Gasteiger partial charge in [-0.15, -0.1) is 0 Å². The monoisotopic (exact) mass is 295 g/mol. The van der Waals surface area contributed by atoms with Crippen LogP contribution >= 0.6 is 0 Å². The third-order valence-corrected chi connectivity index (χ3v) is 1.73. The minimum absolute atomic E-state index is 0. The number of unbranched alkanes of at least 4 members (excludes halogenated alkanes) is 1. The fourth-order valence-electron chi connectivity index (χ4n) is 0.939. The molecule has 7 heteroatoms. The van der Waals surface area contributed by atoms with Crippen molar-refractivity contribution >= 4 is 13.3 Å². The molecule has 0 heterocycles. The molecule has 5 nitrogen and oxygen atoms in total. The van der Waals surface area contributed by atoms with Crippen LogP contribution in [0.1, 0.15) is 39.5 Å². The van der Waals surface area contributed by atoms with Crippen LogP contribution in [-0.4, -0.2) is 13.3 Å². The predicted octanol–water partition coefficient (Wildman–Crippen LogP) is -3.00. The van der Waals surface area contributed by atoms with Crippen LogP contribution < -0.4 is 20.2 Å². The van der Waals surface area contributed by atoms with Gasteiger partial charge in [-0.3, -0.25) is 7.32 Å². The zero-order valence-electron chi connectivity index (χ0n) is 8.97. The molecule has 0 saturated carbocycles. The SMILES string of the molecule is CCCCC(CC)C(=O)[O-].[Nb+4].[O-]B([O-])[O-]. The molecule has 85 valence electrons. The second kappa shape index (κ2) is 14.2. The van der Waals surface area contributed by atoms with Crippen LogP contribution in [0.15, 0.2) is 0 Å². The van der Waals surface area contributed by atoms with Crippen molar-refractivity contribution in [1.29, 1.82) is 0 Å². The smallest absolute Gasteiger partial charge is 0.907 e. The summed E-state index contributed by atoms with van der Waals surface area (Å²) in [5.41, 5.74) is 0. The molecule has 15 heavy (non-hydrogen) atoms. The number of carbonyl (C=O) groups excluding carboxylic acids is 1. The maximum atomic E-state index is 10.3. The zero-order chi connectivity index (χ0) is 11.6. The number of carboxylic acids is 1. The second-order valence-electron chi connectivity index (χ2n) is 2.86. The maximum Gasteiger partial charge on any atom is 4.00 e. The van der Waals surface area contributed by atoms with Crippen LogP contribution in [0.5, 0.6) is 0 Å². The Hall–Kier alpha value is 0.155. The molecular formula is C8H15BNbO5. The average Bonchev–Trinajstić information content (AvgIpc) is 2.04. The Kier molecular flexibility index (Phi) is 19.4. The summed E-state index contributed by atoms with van der Waals surface area (Å²) in [4.78, 5) is 10.3. The molecular weight excluding hydrogens is 280 g/mol. The third kappa shape index (κ3) is 20.3. The first kappa shape index (κ1) is 20.6. The summed E-state index contributed by atoms with van der Waals surface area (Å²) in [5, 5.41) is 35.6. The summed E-state index contributed by atoms with van der Waals surface area (Å²) >= 11 is 0. The number of carbonyl (C=O) groups is 1. The molecule has 0 aliphatic carbocycles. The van der Waals surface area contributed by atoms with Crippen molar-refractivity contribution in [2.24, 2.45) is 5.92 Å². The molecule has 0 aromatic rings. The van der Waals surface area contributed by atoms with Crippen LogP contribution in [0.4, 0.5) is 0 Å². The molecule has 0 rings (SSSR count). The van der Waals surface area contributed by atoms with E-state index >= 15 is 0 Å². The molecule has 0 aliphatic rings. The van der Waals surface area contributed by atoms with E-state index in [1.807, 2.05) is 6.92 Å². The molecule has 0 amide bonds. The van der Waals surface area contributed by atoms with Gasteiger partial charge >= 0.3 is 22.4 Å². The van der Waals surface area contributed by atoms with Crippen molar-refractivity contribution in [3.63, 3.8) is 0 Å². The molecule has 0 aromatic heterocycles. The van der Waals surface area contributed by atoms with Gasteiger partial charge in [-0.2, -0.15) is 0 Å². The van der Waals surface area contributed by atoms with Crippen LogP contribution in [0.25, 0.3) is 0 Å². The zero-order valence-corrected chi connectivity index (χ0v) is 11.2. The van der Waals surface area contributed by atoms with E-state index in [4.69, 9.17) is 15.1 Å². The molecule has 0 saturated heterocycles. The van der Waals surface area contributed by atoms with E-state index in [0.29, 0.717) is 6.42 Å². The van der Waals surface area contributed by atoms with Gasteiger partial charge in [0.1, 0.15) is 0 Å². The van der Waals surface area contributed by atoms with E-state index in [1.54, 1.807) is 0 Å². The summed E-state index contributed by atoms with van der Waals surface area (Å²) in [6.07, 6.45) is 3.52. The molecule has 1 unspecified atom stereocenters. The van der Waals surface area contributed by atoms with Gasteiger partial charge in [0.05, 0.1) is 0 Å². The first-order chi connectivity index (χ1) is 6.45. The van der Waals surface area contributed by atoms with Gasteiger partial charge in [0.15, 0.2) is 0 Å². The standard InChI is InChI=1S/C8H16O2.BO3.Nb/c1-3-5-6-7(4-2)8(9)10;2-1(3)4;/h7H,3-6H2,1-2H3,(H,9,10);;/q;-3;+4/p-1. The topological polar surface area (TPSA) is 109 Å². The van der Waals surface area contributed by atoms with E-state index in [1.165, 1.54) is 0 Å². The van der Waals surface area contributed by atoms with Gasteiger partial charge in [-0.25, -0.2) is 0 Å². The first-order valence-electron chi connectivity index (χ1n) is 4.63. The summed E-state index contributed by atoms with van der Waals surface area (Å²) in [6, 6.07) is 0. The Morgan fingerprint density at radius 3 is 1.87 bits per heavy atom. The molecule has 0 spiro atoms. The molecule has 0 aromatic carbocycles. The fourth-order valence-corrected chi connectivity index (χ4v) is 0.939. The van der Waals surface area contributed by atoms with Crippen LogP contribution in [0.3, 0.4) is 0 Å². The molecule has 0 bridgehead atoms. The second-order valence-corrected chi connectivity index (χ2v) is 2.86. The van der Waals surface area contributed by atoms with E-state index < -0.39 is 13.3 Å². The van der Waals surface area contributed by atoms with Crippen molar-refractivity contribution in [3.05, 3.63) is 0 Å². The number of hydrogen-bond donors (Lipinski definition) is 0. The Labute approximate surface area is 106 Å². The summed E-state index contributed by atoms with van der Waals surface area (Å²) in [5.74, 6) is -1.11. The number of hydrogen-bond acceptors (Lipinski definition) is 5. The van der Waals surface area contributed by atoms with Crippen molar-refractivity contribution in [3.8, 4) is 0 Å². The minimum Gasteiger partial charge on any atom is -0.907 e. The number of rotatable bonds is 5. The first-order valence-corrected chi connectivity index (χ1v) is 4.63. The summed E-state index contributed by atoms with van der Waals surface area (Å²) in [6.45, 7) is 3.94. The number of carboxylic acid groups (broad SMARTS) is 1. The van der Waals surface area contributed by atoms with Crippen molar-refractivity contribution in [2.45, 2.75) is 39.5 Å². The van der Waals surface area contributed by atoms with Crippen molar-refractivity contribution in [2.75, 3.05) is 0 Å². The molecule has 1 atom stereocenters. The Balaban J connectivity index is -0.000000249. The van der Waals surface area contributed by atoms with Gasteiger partial charge in [-0.1, -0.05) is 26.7 Å². The van der Waals surface area contributed by atoms with E-state index in [-0.39, 0.29) is 28.3 Å². The fraction of sp³-hybridized carbons (Fsp3) is 0.875. The van der Waals surface area contributed by atoms with Gasteiger partial charge in [-0.05, 0) is 18.8 Å². The van der Waals surface area contributed by atoms with E-state index in [2.05, 4.69) is 6.92 Å². The average molecular weight is 295 g/mol. The van der Waals surface area contributed by atoms with Gasteiger partial charge in [0.2, 0.25) is 0 Å². The normalized spacial score (nSPS) is 10.5. The molecule has 1 radical (unpaired) electrons. The van der Waals surface area contributed by atoms with Gasteiger partial charge in [0, 0.05) is 5.97 Å². The summed E-state index contributed by atoms with van der Waals surface area (Å²) in [7, 11) is -2.92. The summed E-state index contributed by atoms with van der Waals surface area (Å²) < 4.78 is 0. The van der Waals surface area contributed by atoms with Crippen molar-refractivity contribution < 1.29 is 47.4 Å². The largest absolute Gasteiger partial charge is 4.00 e. The molecule has 0 fully saturated rings. The predicted molar refractivity (Wildman–Crippen MR) is 44.1 cm³/mol. The minimum atomic E-state index is -2.92. The molecule has 0 aliphatic heterocycles. The van der Waals surface area contributed by atoms with Crippen LogP contribution in [0, 0.1) is 5.92 Å². The Morgan fingerprint density at radius 1 is 1.27 bits per heavy atom. The quantitative estimate of drug-likeness (QED) is 0.502. The van der Waals surface area contributed by atoms with Crippen LogP contribution in [-0.2, 0) is 27.2 Å². The third-order valence-electron chi connectivity index (χ3n) is 1.73. The van der Waals surface area contributed by atoms with E-state index in [0.717, 1.165) is 19.3 Å². The van der Waals surface area contributed by atoms with E-state index in [9.17, 15) is 9.90 Å². The number of aliphatic carboxylic acids is 1. The Morgan fingerprint density at radius 2 is 1.67 bits per heavy atom. The van der Waals surface area contributed by atoms with Crippen molar-refractivity contribution in [1.82, 2.24) is 0 Å². The molecule has 0 N–H and O–H groups in total. The van der Waals surface area contributed by atoms with Gasteiger partial charge < -0.3 is 25.0 Å².